The van der Waals surface area contributed by atoms with Crippen molar-refractivity contribution >= 4 is 18.6 Å². The Kier molecular flexibility index (Phi) is 17.3. The predicted molar refractivity (Wildman–Crippen MR) is 45.3 cm³/mol. The van der Waals surface area contributed by atoms with Crippen LogP contribution in [0.4, 0.5) is 4.79 Å². The third-order valence-corrected chi connectivity index (χ3v) is 0.854. The predicted octanol–water partition coefficient (Wildman–Crippen LogP) is -2.80. The summed E-state index contributed by atoms with van der Waals surface area (Å²) in [7, 11) is 0. The number of nitriles is 1. The molecule has 0 amide bonds. The summed E-state index contributed by atoms with van der Waals surface area (Å²) in [5, 5.41) is 24.0. The Labute approximate surface area is 114 Å². The Balaban J connectivity index is -0.000000185. The van der Waals surface area contributed by atoms with Crippen LogP contribution < -0.4 is 34.7 Å². The molecule has 76 valence electrons. The van der Waals surface area contributed by atoms with Crippen molar-refractivity contribution in [2.24, 2.45) is 0 Å². The van der Waals surface area contributed by atoms with E-state index in [1.807, 2.05) is 6.07 Å². The van der Waals surface area contributed by atoms with Crippen molar-refractivity contribution in [3.8, 4) is 6.07 Å². The van der Waals surface area contributed by atoms with E-state index in [-0.39, 0.29) is 42.0 Å². The summed E-state index contributed by atoms with van der Waals surface area (Å²) in [6.07, 6.45) is -0.344. The second-order valence-corrected chi connectivity index (χ2v) is 1.67. The van der Waals surface area contributed by atoms with Crippen molar-refractivity contribution in [1.29, 1.82) is 5.26 Å². The Hall–Kier alpha value is -0.840. The quantitative estimate of drug-likeness (QED) is 0.298. The number of aromatic nitrogens is 1. The fraction of sp³-hybridized carbons (Fsp3) is 0. The summed E-state index contributed by atoms with van der Waals surface area (Å²) in [6, 6.07) is 7.14. The SMILES string of the molecule is Cl.N#Cc1ccccn1.O=C([O-])OO.[Na+]. The Morgan fingerprint density at radius 1 is 1.60 bits per heavy atom. The van der Waals surface area contributed by atoms with E-state index in [1.165, 1.54) is 0 Å². The zero-order valence-corrected chi connectivity index (χ0v) is 10.6. The van der Waals surface area contributed by atoms with Gasteiger partial charge in [0.25, 0.3) is 6.16 Å². The number of hydrogen-bond donors (Lipinski definition) is 1. The number of pyridine rings is 1. The average molecular weight is 241 g/mol. The maximum atomic E-state index is 8.78. The van der Waals surface area contributed by atoms with Crippen LogP contribution in [0.15, 0.2) is 24.4 Å². The molecular formula is C7H6ClN2NaO4. The van der Waals surface area contributed by atoms with Gasteiger partial charge < -0.3 is 14.8 Å². The van der Waals surface area contributed by atoms with Gasteiger partial charge in [-0.15, -0.1) is 12.4 Å². The molecule has 0 saturated heterocycles. The molecule has 0 aliphatic rings. The molecule has 0 aromatic carbocycles. The first-order valence-electron chi connectivity index (χ1n) is 3.04. The molecule has 15 heavy (non-hydrogen) atoms. The van der Waals surface area contributed by atoms with Crippen LogP contribution in [0, 0.1) is 11.3 Å². The van der Waals surface area contributed by atoms with Crippen LogP contribution in [0.25, 0.3) is 0 Å². The smallest absolute Gasteiger partial charge is 0.424 e. The second kappa shape index (κ2) is 13.2. The van der Waals surface area contributed by atoms with Crippen molar-refractivity contribution in [3.05, 3.63) is 30.1 Å². The number of halogens is 1. The van der Waals surface area contributed by atoms with Crippen LogP contribution in [-0.4, -0.2) is 16.4 Å². The van der Waals surface area contributed by atoms with Crippen LogP contribution >= 0.6 is 12.4 Å². The molecule has 0 fully saturated rings. The van der Waals surface area contributed by atoms with E-state index in [0.717, 1.165) is 0 Å². The molecule has 0 atom stereocenters. The number of rotatable bonds is 0. The Morgan fingerprint density at radius 3 is 2.33 bits per heavy atom. The van der Waals surface area contributed by atoms with Crippen molar-refractivity contribution < 1.29 is 49.6 Å². The normalized spacial score (nSPS) is 6.40. The van der Waals surface area contributed by atoms with E-state index in [2.05, 4.69) is 9.87 Å². The summed E-state index contributed by atoms with van der Waals surface area (Å²) in [5.41, 5.74) is 0.465. The van der Waals surface area contributed by atoms with Crippen molar-refractivity contribution in [2.75, 3.05) is 0 Å². The first-order chi connectivity index (χ1) is 6.20. The van der Waals surface area contributed by atoms with Crippen molar-refractivity contribution in [1.82, 2.24) is 4.98 Å². The molecule has 1 rings (SSSR count). The molecule has 0 unspecified atom stereocenters. The molecular weight excluding hydrogens is 235 g/mol. The number of carbonyl (C=O) groups is 1. The molecule has 0 spiro atoms. The first-order valence-corrected chi connectivity index (χ1v) is 3.04. The summed E-state index contributed by atoms with van der Waals surface area (Å²) in [6.45, 7) is 0. The number of nitrogens with zero attached hydrogens (tertiary/aromatic N) is 2. The van der Waals surface area contributed by atoms with Gasteiger partial charge in [-0.1, -0.05) is 6.07 Å². The number of carbonyl (C=O) groups excluding carboxylic acids is 1. The minimum atomic E-state index is -1.94. The first kappa shape index (κ1) is 19.7. The van der Waals surface area contributed by atoms with E-state index in [0.29, 0.717) is 5.69 Å². The van der Waals surface area contributed by atoms with Gasteiger partial charge in [-0.05, 0) is 12.1 Å². The van der Waals surface area contributed by atoms with Gasteiger partial charge in [-0.25, -0.2) is 4.98 Å². The molecule has 6 nitrogen and oxygen atoms in total. The minimum absolute atomic E-state index is 0. The molecule has 0 saturated carbocycles. The van der Waals surface area contributed by atoms with E-state index < -0.39 is 6.16 Å². The zero-order chi connectivity index (χ0) is 10.1. The van der Waals surface area contributed by atoms with Crippen molar-refractivity contribution in [3.63, 3.8) is 0 Å². The average Bonchev–Trinajstić information content (AvgIpc) is 2.20. The molecule has 0 radical (unpaired) electrons. The Morgan fingerprint density at radius 2 is 2.13 bits per heavy atom. The van der Waals surface area contributed by atoms with Crippen LogP contribution in [0.2, 0.25) is 0 Å². The summed E-state index contributed by atoms with van der Waals surface area (Å²) < 4.78 is 0. The summed E-state index contributed by atoms with van der Waals surface area (Å²) >= 11 is 0. The molecule has 0 bridgehead atoms. The van der Waals surface area contributed by atoms with Crippen LogP contribution in [0.1, 0.15) is 5.69 Å². The summed E-state index contributed by atoms with van der Waals surface area (Å²) in [4.78, 5) is 15.1. The standard InChI is InChI=1S/C6H4N2.CH2O4.ClH.Na/c7-5-6-3-1-2-4-8-6;2-1(3)5-4;;/h1-4H;4H,(H,2,3);1H;/q;;;+1/p-1. The number of hydrogen-bond acceptors (Lipinski definition) is 6. The van der Waals surface area contributed by atoms with Gasteiger partial charge in [0.15, 0.2) is 0 Å². The van der Waals surface area contributed by atoms with Crippen LogP contribution in [0.3, 0.4) is 0 Å². The molecule has 8 heteroatoms. The third kappa shape index (κ3) is 13.2. The van der Waals surface area contributed by atoms with E-state index in [4.69, 9.17) is 20.4 Å². The van der Waals surface area contributed by atoms with Gasteiger partial charge in [0, 0.05) is 6.20 Å². The van der Waals surface area contributed by atoms with Crippen LogP contribution in [0.5, 0.6) is 0 Å². The van der Waals surface area contributed by atoms with Gasteiger partial charge in [-0.2, -0.15) is 5.26 Å². The van der Waals surface area contributed by atoms with Gasteiger partial charge in [0.05, 0.1) is 0 Å². The molecule has 1 heterocycles. The molecule has 1 aromatic rings. The zero-order valence-electron chi connectivity index (χ0n) is 7.78. The van der Waals surface area contributed by atoms with Crippen LogP contribution in [-0.2, 0) is 4.89 Å². The summed E-state index contributed by atoms with van der Waals surface area (Å²) in [5.74, 6) is 0. The molecule has 1 aromatic heterocycles. The van der Waals surface area contributed by atoms with E-state index >= 15 is 0 Å². The Bertz CT molecular complexity index is 304. The maximum absolute atomic E-state index is 8.78. The van der Waals surface area contributed by atoms with Gasteiger partial charge in [0.2, 0.25) is 0 Å². The maximum Gasteiger partial charge on any atom is 1.00 e. The van der Waals surface area contributed by atoms with E-state index in [9.17, 15) is 0 Å². The topological polar surface area (TPSA) is 106 Å². The van der Waals surface area contributed by atoms with Gasteiger partial charge >= 0.3 is 29.6 Å². The molecule has 0 aliphatic heterocycles. The fourth-order valence-corrected chi connectivity index (χ4v) is 0.429. The number of carboxylic acid groups (broad SMARTS) is 1. The van der Waals surface area contributed by atoms with Gasteiger partial charge in [0.1, 0.15) is 11.8 Å². The molecule has 0 aliphatic carbocycles. The monoisotopic (exact) mass is 240 g/mol. The second-order valence-electron chi connectivity index (χ2n) is 1.67. The van der Waals surface area contributed by atoms with Crippen molar-refractivity contribution in [2.45, 2.75) is 0 Å². The fourth-order valence-electron chi connectivity index (χ4n) is 0.429. The largest absolute Gasteiger partial charge is 1.00 e. The van der Waals surface area contributed by atoms with E-state index in [1.54, 1.807) is 24.4 Å². The molecule has 1 N–H and O–H groups in total. The third-order valence-electron chi connectivity index (χ3n) is 0.854. The minimum Gasteiger partial charge on any atom is -0.424 e. The van der Waals surface area contributed by atoms with Gasteiger partial charge in [-0.3, -0.25) is 5.26 Å².